The van der Waals surface area contributed by atoms with Crippen LogP contribution in [-0.2, 0) is 6.42 Å². The fourth-order valence-electron chi connectivity index (χ4n) is 1.84. The summed E-state index contributed by atoms with van der Waals surface area (Å²) in [6.45, 7) is 2.09. The SMILES string of the molecule is Cc1ccc2c(c1)CCC2=NNC(=N)N.Cl. The molecular formula is C11H15ClN4. The summed E-state index contributed by atoms with van der Waals surface area (Å²) in [4.78, 5) is 0. The van der Waals surface area contributed by atoms with Crippen LogP contribution in [0.15, 0.2) is 23.3 Å². The third kappa shape index (κ3) is 2.52. The van der Waals surface area contributed by atoms with Crippen LogP contribution in [0.5, 0.6) is 0 Å². The minimum atomic E-state index is -0.122. The number of hydrazone groups is 1. The van der Waals surface area contributed by atoms with Crippen molar-refractivity contribution in [2.45, 2.75) is 19.8 Å². The maximum Gasteiger partial charge on any atom is 0.206 e. The quantitative estimate of drug-likeness (QED) is 0.395. The summed E-state index contributed by atoms with van der Waals surface area (Å²) in [5.74, 6) is -0.122. The Balaban J connectivity index is 0.00000128. The van der Waals surface area contributed by atoms with E-state index in [4.69, 9.17) is 11.1 Å². The molecule has 0 aliphatic heterocycles. The van der Waals surface area contributed by atoms with Crippen molar-refractivity contribution < 1.29 is 0 Å². The number of nitrogens with zero attached hydrogens (tertiary/aromatic N) is 1. The van der Waals surface area contributed by atoms with Crippen molar-refractivity contribution in [3.8, 4) is 0 Å². The fraction of sp³-hybridized carbons (Fsp3) is 0.273. The van der Waals surface area contributed by atoms with Crippen molar-refractivity contribution in [1.29, 1.82) is 5.41 Å². The Morgan fingerprint density at radius 2 is 2.19 bits per heavy atom. The molecular weight excluding hydrogens is 224 g/mol. The van der Waals surface area contributed by atoms with E-state index in [0.717, 1.165) is 18.6 Å². The molecule has 1 aliphatic carbocycles. The smallest absolute Gasteiger partial charge is 0.206 e. The number of benzene rings is 1. The number of aryl methyl sites for hydroxylation is 2. The third-order valence-corrected chi connectivity index (χ3v) is 2.51. The van der Waals surface area contributed by atoms with Gasteiger partial charge in [-0.2, -0.15) is 5.10 Å². The molecule has 4 N–H and O–H groups in total. The highest BCUT2D eigenvalue weighted by atomic mass is 35.5. The maximum atomic E-state index is 7.04. The first kappa shape index (κ1) is 12.5. The highest BCUT2D eigenvalue weighted by Crippen LogP contribution is 2.23. The van der Waals surface area contributed by atoms with Crippen LogP contribution in [0, 0.1) is 12.3 Å². The van der Waals surface area contributed by atoms with Crippen LogP contribution in [0.1, 0.15) is 23.1 Å². The number of hydrogen-bond acceptors (Lipinski definition) is 2. The van der Waals surface area contributed by atoms with E-state index in [2.05, 4.69) is 35.7 Å². The van der Waals surface area contributed by atoms with Crippen molar-refractivity contribution in [2.75, 3.05) is 0 Å². The van der Waals surface area contributed by atoms with E-state index in [9.17, 15) is 0 Å². The van der Waals surface area contributed by atoms with Gasteiger partial charge in [-0.05, 0) is 25.3 Å². The molecule has 5 heteroatoms. The number of guanidine groups is 1. The molecule has 1 aromatic rings. The van der Waals surface area contributed by atoms with Crippen molar-refractivity contribution in [3.63, 3.8) is 0 Å². The first-order valence-corrected chi connectivity index (χ1v) is 4.93. The van der Waals surface area contributed by atoms with E-state index in [1.807, 2.05) is 0 Å². The Bertz CT molecular complexity index is 440. The van der Waals surface area contributed by atoms with E-state index in [1.165, 1.54) is 16.7 Å². The summed E-state index contributed by atoms with van der Waals surface area (Å²) < 4.78 is 0. The molecule has 0 bridgehead atoms. The second kappa shape index (κ2) is 4.99. The molecule has 0 spiro atoms. The number of halogens is 1. The average Bonchev–Trinajstić information content (AvgIpc) is 2.57. The molecule has 16 heavy (non-hydrogen) atoms. The predicted molar refractivity (Wildman–Crippen MR) is 68.3 cm³/mol. The van der Waals surface area contributed by atoms with Gasteiger partial charge in [0.15, 0.2) is 0 Å². The third-order valence-electron chi connectivity index (χ3n) is 2.51. The van der Waals surface area contributed by atoms with Crippen LogP contribution in [0.2, 0.25) is 0 Å². The Morgan fingerprint density at radius 1 is 1.44 bits per heavy atom. The van der Waals surface area contributed by atoms with Crippen LogP contribution in [0.4, 0.5) is 0 Å². The number of hydrogen-bond donors (Lipinski definition) is 3. The molecule has 0 unspecified atom stereocenters. The highest BCUT2D eigenvalue weighted by molar-refractivity contribution is 6.04. The molecule has 2 rings (SSSR count). The van der Waals surface area contributed by atoms with Gasteiger partial charge in [-0.1, -0.05) is 23.8 Å². The molecule has 0 atom stereocenters. The Morgan fingerprint density at radius 3 is 2.88 bits per heavy atom. The maximum absolute atomic E-state index is 7.04. The summed E-state index contributed by atoms with van der Waals surface area (Å²) in [5.41, 5.74) is 12.4. The highest BCUT2D eigenvalue weighted by Gasteiger charge is 2.17. The average molecular weight is 239 g/mol. The van der Waals surface area contributed by atoms with Crippen molar-refractivity contribution in [2.24, 2.45) is 10.8 Å². The number of nitrogens with one attached hydrogen (secondary N) is 2. The van der Waals surface area contributed by atoms with Gasteiger partial charge in [-0.3, -0.25) is 5.41 Å². The molecule has 0 saturated heterocycles. The lowest BCUT2D eigenvalue weighted by Gasteiger charge is -2.02. The summed E-state index contributed by atoms with van der Waals surface area (Å²) in [7, 11) is 0. The standard InChI is InChI=1S/C11H14N4.ClH/c1-7-2-4-9-8(6-7)3-5-10(9)14-15-11(12)13;/h2,4,6H,3,5H2,1H3,(H4,12,13,15);1H. The van der Waals surface area contributed by atoms with Crippen LogP contribution >= 0.6 is 12.4 Å². The summed E-state index contributed by atoms with van der Waals surface area (Å²) in [6.07, 6.45) is 1.94. The van der Waals surface area contributed by atoms with Crippen molar-refractivity contribution >= 4 is 24.1 Å². The molecule has 0 aromatic heterocycles. The van der Waals surface area contributed by atoms with Gasteiger partial charge in [-0.25, -0.2) is 5.43 Å². The molecule has 0 saturated carbocycles. The van der Waals surface area contributed by atoms with E-state index in [-0.39, 0.29) is 18.4 Å². The van der Waals surface area contributed by atoms with Crippen LogP contribution in [0.25, 0.3) is 0 Å². The minimum Gasteiger partial charge on any atom is -0.369 e. The molecule has 1 aromatic carbocycles. The zero-order chi connectivity index (χ0) is 10.8. The van der Waals surface area contributed by atoms with E-state index < -0.39 is 0 Å². The molecule has 0 amide bonds. The molecule has 0 fully saturated rings. The van der Waals surface area contributed by atoms with Crippen LogP contribution < -0.4 is 11.2 Å². The number of rotatable bonds is 1. The zero-order valence-electron chi connectivity index (χ0n) is 9.08. The van der Waals surface area contributed by atoms with Gasteiger partial charge in [0.2, 0.25) is 5.96 Å². The minimum absolute atomic E-state index is 0. The first-order valence-electron chi connectivity index (χ1n) is 4.93. The molecule has 4 nitrogen and oxygen atoms in total. The Kier molecular flexibility index (Phi) is 3.90. The van der Waals surface area contributed by atoms with Crippen molar-refractivity contribution in [3.05, 3.63) is 34.9 Å². The Hall–Kier alpha value is -1.55. The lowest BCUT2D eigenvalue weighted by atomic mass is 10.1. The summed E-state index contributed by atoms with van der Waals surface area (Å²) >= 11 is 0. The normalized spacial score (nSPS) is 15.4. The Labute approximate surface area is 101 Å². The topological polar surface area (TPSA) is 74.3 Å². The van der Waals surface area contributed by atoms with Gasteiger partial charge < -0.3 is 5.73 Å². The summed E-state index contributed by atoms with van der Waals surface area (Å²) in [6, 6.07) is 6.34. The predicted octanol–water partition coefficient (Wildman–Crippen LogP) is 1.55. The van der Waals surface area contributed by atoms with E-state index in [1.54, 1.807) is 0 Å². The van der Waals surface area contributed by atoms with Gasteiger partial charge >= 0.3 is 0 Å². The van der Waals surface area contributed by atoms with E-state index in [0.29, 0.717) is 0 Å². The molecule has 0 radical (unpaired) electrons. The van der Waals surface area contributed by atoms with Crippen LogP contribution in [-0.4, -0.2) is 11.7 Å². The fourth-order valence-corrected chi connectivity index (χ4v) is 1.84. The van der Waals surface area contributed by atoms with Gasteiger partial charge in [0.05, 0.1) is 5.71 Å². The van der Waals surface area contributed by atoms with Crippen LogP contribution in [0.3, 0.4) is 0 Å². The molecule has 1 aliphatic rings. The van der Waals surface area contributed by atoms with Crippen molar-refractivity contribution in [1.82, 2.24) is 5.43 Å². The molecule has 0 heterocycles. The second-order valence-corrected chi connectivity index (χ2v) is 3.74. The lowest BCUT2D eigenvalue weighted by Crippen LogP contribution is -2.26. The monoisotopic (exact) mass is 238 g/mol. The largest absolute Gasteiger partial charge is 0.369 e. The van der Waals surface area contributed by atoms with Gasteiger partial charge in [-0.15, -0.1) is 12.4 Å². The van der Waals surface area contributed by atoms with Gasteiger partial charge in [0.1, 0.15) is 0 Å². The van der Waals surface area contributed by atoms with Gasteiger partial charge in [0.25, 0.3) is 0 Å². The summed E-state index contributed by atoms with van der Waals surface area (Å²) in [5, 5.41) is 11.1. The second-order valence-electron chi connectivity index (χ2n) is 3.74. The number of nitrogens with two attached hydrogens (primary N) is 1. The number of fused-ring (bicyclic) bond motifs is 1. The molecule has 86 valence electrons. The first-order chi connectivity index (χ1) is 7.16. The van der Waals surface area contributed by atoms with E-state index >= 15 is 0 Å². The zero-order valence-corrected chi connectivity index (χ0v) is 9.90. The lowest BCUT2D eigenvalue weighted by molar-refractivity contribution is 0.976. The van der Waals surface area contributed by atoms with Gasteiger partial charge in [0, 0.05) is 5.56 Å².